The van der Waals surface area contributed by atoms with Gasteiger partial charge in [0.05, 0.1) is 30.3 Å². The third-order valence-corrected chi connectivity index (χ3v) is 6.04. The summed E-state index contributed by atoms with van der Waals surface area (Å²) in [4.78, 5) is 11.2. The minimum absolute atomic E-state index is 0.197. The van der Waals surface area contributed by atoms with E-state index >= 15 is 0 Å². The van der Waals surface area contributed by atoms with Gasteiger partial charge in [0.25, 0.3) is 5.69 Å². The molecule has 8 nitrogen and oxygen atoms in total. The summed E-state index contributed by atoms with van der Waals surface area (Å²) in [7, 11) is -3.32. The van der Waals surface area contributed by atoms with Crippen LogP contribution in [-0.2, 0) is 13.6 Å². The van der Waals surface area contributed by atoms with Crippen molar-refractivity contribution in [1.29, 1.82) is 0 Å². The maximum Gasteiger partial charge on any atom is 0.408 e. The predicted molar refractivity (Wildman–Crippen MR) is 80.9 cm³/mol. The monoisotopic (exact) mass is 363 g/mol. The van der Waals surface area contributed by atoms with Crippen molar-refractivity contribution < 1.29 is 27.3 Å². The fourth-order valence-corrected chi connectivity index (χ4v) is 4.53. The molecule has 0 spiro atoms. The second kappa shape index (κ2) is 6.72. The van der Waals surface area contributed by atoms with Crippen molar-refractivity contribution in [3.05, 3.63) is 33.9 Å². The molecular formula is C13H16F2N3O5P. The summed E-state index contributed by atoms with van der Waals surface area (Å²) in [5, 5.41) is 10.6. The third kappa shape index (κ3) is 3.27. The number of rotatable bonds is 3. The normalized spacial score (nSPS) is 21.7. The Labute approximate surface area is 136 Å². The van der Waals surface area contributed by atoms with Gasteiger partial charge in [0.15, 0.2) is 11.6 Å². The highest BCUT2D eigenvalue weighted by molar-refractivity contribution is 7.51. The number of hydrogen-bond acceptors (Lipinski definition) is 6. The minimum Gasteiger partial charge on any atom is -0.364 e. The molecule has 11 heteroatoms. The number of nitro groups is 1. The van der Waals surface area contributed by atoms with Crippen LogP contribution >= 0.6 is 7.75 Å². The van der Waals surface area contributed by atoms with Gasteiger partial charge in [-0.25, -0.2) is 18.0 Å². The zero-order valence-electron chi connectivity index (χ0n) is 12.7. The Kier molecular flexibility index (Phi) is 4.82. The van der Waals surface area contributed by atoms with Gasteiger partial charge < -0.3 is 4.90 Å². The maximum atomic E-state index is 14.1. The summed E-state index contributed by atoms with van der Waals surface area (Å²) in [5.74, 6) is -1.99. The van der Waals surface area contributed by atoms with Gasteiger partial charge in [-0.2, -0.15) is 0 Å². The van der Waals surface area contributed by atoms with Crippen LogP contribution < -0.4 is 4.90 Å². The van der Waals surface area contributed by atoms with Gasteiger partial charge in [0.1, 0.15) is 5.69 Å². The molecule has 2 heterocycles. The first-order valence-corrected chi connectivity index (χ1v) is 8.93. The van der Waals surface area contributed by atoms with E-state index in [1.807, 2.05) is 0 Å². The van der Waals surface area contributed by atoms with E-state index in [-0.39, 0.29) is 31.9 Å². The highest BCUT2D eigenvalue weighted by Gasteiger charge is 2.38. The topological polar surface area (TPSA) is 85.2 Å². The zero-order chi connectivity index (χ0) is 17.3. The molecule has 0 bridgehead atoms. The lowest BCUT2D eigenvalue weighted by atomic mass is 10.2. The van der Waals surface area contributed by atoms with Crippen molar-refractivity contribution in [2.24, 2.45) is 0 Å². The van der Waals surface area contributed by atoms with Crippen molar-refractivity contribution >= 4 is 19.1 Å². The van der Waals surface area contributed by atoms with E-state index in [1.165, 1.54) is 4.90 Å². The molecule has 0 unspecified atom stereocenters. The second-order valence-corrected chi connectivity index (χ2v) is 7.46. The van der Waals surface area contributed by atoms with Crippen LogP contribution in [0.4, 0.5) is 20.2 Å². The molecular weight excluding hydrogens is 347 g/mol. The van der Waals surface area contributed by atoms with E-state index in [2.05, 4.69) is 0 Å². The first-order chi connectivity index (χ1) is 11.4. The van der Waals surface area contributed by atoms with Gasteiger partial charge in [-0.05, 0) is 6.42 Å². The summed E-state index contributed by atoms with van der Waals surface area (Å²) in [6.07, 6.45) is 0.670. The van der Waals surface area contributed by atoms with Gasteiger partial charge in [0.2, 0.25) is 0 Å². The number of non-ortho nitro benzene ring substituents is 1. The first-order valence-electron chi connectivity index (χ1n) is 7.44. The molecule has 3 rings (SSSR count). The van der Waals surface area contributed by atoms with Crippen LogP contribution in [0.25, 0.3) is 0 Å². The Hall–Kier alpha value is -1.61. The summed E-state index contributed by atoms with van der Waals surface area (Å²) in [6.45, 7) is 1.58. The van der Waals surface area contributed by atoms with Crippen LogP contribution in [0.3, 0.4) is 0 Å². The van der Waals surface area contributed by atoms with E-state index in [4.69, 9.17) is 9.05 Å². The average molecular weight is 363 g/mol. The van der Waals surface area contributed by atoms with Crippen LogP contribution in [0, 0.1) is 21.7 Å². The predicted octanol–water partition coefficient (Wildman–Crippen LogP) is 2.54. The molecule has 2 aliphatic heterocycles. The Morgan fingerprint density at radius 1 is 1.08 bits per heavy atom. The van der Waals surface area contributed by atoms with Gasteiger partial charge >= 0.3 is 7.75 Å². The molecule has 1 aromatic rings. The summed E-state index contributed by atoms with van der Waals surface area (Å²) in [5.41, 5.74) is -0.954. The molecule has 0 aliphatic carbocycles. The SMILES string of the molecule is O=[N+]([O-])c1cc(F)c(N2CCN(P3(=O)OCCCO3)CC2)c(F)c1. The lowest BCUT2D eigenvalue weighted by Gasteiger charge is -2.39. The largest absolute Gasteiger partial charge is 0.408 e. The van der Waals surface area contributed by atoms with Crippen molar-refractivity contribution in [3.63, 3.8) is 0 Å². The number of piperazine rings is 1. The van der Waals surface area contributed by atoms with Crippen LogP contribution in [-0.4, -0.2) is 49.0 Å². The van der Waals surface area contributed by atoms with Crippen molar-refractivity contribution in [1.82, 2.24) is 4.67 Å². The van der Waals surface area contributed by atoms with E-state index in [0.717, 1.165) is 0 Å². The van der Waals surface area contributed by atoms with Crippen LogP contribution in [0.5, 0.6) is 0 Å². The van der Waals surface area contributed by atoms with E-state index in [0.29, 0.717) is 31.8 Å². The number of anilines is 1. The highest BCUT2D eigenvalue weighted by atomic mass is 31.2. The van der Waals surface area contributed by atoms with E-state index in [9.17, 15) is 23.5 Å². The molecule has 0 saturated carbocycles. The fraction of sp³-hybridized carbons (Fsp3) is 0.538. The molecule has 0 N–H and O–H groups in total. The van der Waals surface area contributed by atoms with Crippen LogP contribution in [0.1, 0.15) is 6.42 Å². The number of nitrogens with zero attached hydrogens (tertiary/aromatic N) is 3. The quantitative estimate of drug-likeness (QED) is 0.463. The standard InChI is InChI=1S/C13H16F2N3O5P/c14-11-8-10(18(19)20)9-12(15)13(11)16-2-4-17(5-3-16)24(21)22-6-1-7-23-24/h8-9H,1-7H2. The summed E-state index contributed by atoms with van der Waals surface area (Å²) >= 11 is 0. The number of halogens is 2. The van der Waals surface area contributed by atoms with Crippen molar-refractivity contribution in [2.45, 2.75) is 6.42 Å². The maximum absolute atomic E-state index is 14.1. The second-order valence-electron chi connectivity index (χ2n) is 5.44. The van der Waals surface area contributed by atoms with Gasteiger partial charge in [-0.15, -0.1) is 0 Å². The minimum atomic E-state index is -3.32. The van der Waals surface area contributed by atoms with Gasteiger partial charge in [0, 0.05) is 26.2 Å². The van der Waals surface area contributed by atoms with Gasteiger partial charge in [-0.3, -0.25) is 19.2 Å². The van der Waals surface area contributed by atoms with Crippen LogP contribution in [0.2, 0.25) is 0 Å². The molecule has 2 fully saturated rings. The molecule has 0 atom stereocenters. The average Bonchev–Trinajstić information content (AvgIpc) is 2.55. The Balaban J connectivity index is 1.73. The molecule has 0 amide bonds. The Morgan fingerprint density at radius 3 is 2.12 bits per heavy atom. The Morgan fingerprint density at radius 2 is 1.62 bits per heavy atom. The number of nitro benzene ring substituents is 1. The Bertz CT molecular complexity index is 663. The van der Waals surface area contributed by atoms with E-state index in [1.54, 1.807) is 4.67 Å². The third-order valence-electron chi connectivity index (χ3n) is 3.93. The lowest BCUT2D eigenvalue weighted by molar-refractivity contribution is -0.385. The molecule has 2 aliphatic rings. The molecule has 2 saturated heterocycles. The molecule has 0 radical (unpaired) electrons. The smallest absolute Gasteiger partial charge is 0.364 e. The summed E-state index contributed by atoms with van der Waals surface area (Å²) in [6, 6.07) is 1.39. The summed E-state index contributed by atoms with van der Waals surface area (Å²) < 4.78 is 52.7. The number of hydrogen-bond donors (Lipinski definition) is 0. The fourth-order valence-electron chi connectivity index (χ4n) is 2.74. The molecule has 0 aromatic heterocycles. The zero-order valence-corrected chi connectivity index (χ0v) is 13.6. The lowest BCUT2D eigenvalue weighted by Crippen LogP contribution is -2.46. The van der Waals surface area contributed by atoms with Crippen molar-refractivity contribution in [2.75, 3.05) is 44.3 Å². The molecule has 1 aromatic carbocycles. The van der Waals surface area contributed by atoms with Gasteiger partial charge in [-0.1, -0.05) is 0 Å². The first kappa shape index (κ1) is 17.2. The van der Waals surface area contributed by atoms with Crippen LogP contribution in [0.15, 0.2) is 12.1 Å². The van der Waals surface area contributed by atoms with Crippen molar-refractivity contribution in [3.8, 4) is 0 Å². The molecule has 24 heavy (non-hydrogen) atoms. The number of benzene rings is 1. The highest BCUT2D eigenvalue weighted by Crippen LogP contribution is 2.54. The van der Waals surface area contributed by atoms with E-state index < -0.39 is 30.0 Å². The molecule has 132 valence electrons.